The zero-order valence-corrected chi connectivity index (χ0v) is 12.5. The molecule has 0 saturated carbocycles. The largest absolute Gasteiger partial charge is 0.394 e. The number of nitrogens with one attached hydrogen (secondary N) is 1. The number of allylic oxidation sites excluding steroid dienone is 1. The molecule has 1 aliphatic heterocycles. The molecule has 1 aliphatic rings. The van der Waals surface area contributed by atoms with Crippen LogP contribution in [0, 0.1) is 0 Å². The van der Waals surface area contributed by atoms with Gasteiger partial charge in [0.15, 0.2) is 17.4 Å². The summed E-state index contributed by atoms with van der Waals surface area (Å²) in [6.07, 6.45) is -3.88. The molecule has 0 spiro atoms. The lowest BCUT2D eigenvalue weighted by Crippen LogP contribution is -2.36. The third-order valence-electron chi connectivity index (χ3n) is 3.91. The van der Waals surface area contributed by atoms with E-state index in [1.807, 2.05) is 0 Å². The number of H-pyrrole nitrogens is 1. The molecule has 6 N–H and O–H groups in total. The Morgan fingerprint density at radius 3 is 2.67 bits per heavy atom. The molecule has 0 bridgehead atoms. The number of hydrogen-bond acceptors (Lipinski definition) is 8. The Balaban J connectivity index is 2.29. The first-order valence-corrected chi connectivity index (χ1v) is 7.14. The summed E-state index contributed by atoms with van der Waals surface area (Å²) in [6, 6.07) is 0. The van der Waals surface area contributed by atoms with Crippen molar-refractivity contribution in [3.05, 3.63) is 33.5 Å². The van der Waals surface area contributed by atoms with Crippen LogP contribution < -0.4 is 17.0 Å². The van der Waals surface area contributed by atoms with E-state index >= 15 is 0 Å². The molecule has 11 nitrogen and oxygen atoms in total. The quantitative estimate of drug-likeness (QED) is 0.374. The highest BCUT2D eigenvalue weighted by Crippen LogP contribution is 2.30. The average molecular weight is 339 g/mol. The second-order valence-corrected chi connectivity index (χ2v) is 5.40. The van der Waals surface area contributed by atoms with Crippen molar-refractivity contribution in [3.63, 3.8) is 0 Å². The maximum atomic E-state index is 12.7. The van der Waals surface area contributed by atoms with Gasteiger partial charge in [-0.05, 0) is 0 Å². The van der Waals surface area contributed by atoms with Crippen molar-refractivity contribution < 1.29 is 20.1 Å². The zero-order chi connectivity index (χ0) is 17.6. The van der Waals surface area contributed by atoms with E-state index in [2.05, 4.69) is 16.5 Å². The van der Waals surface area contributed by atoms with Gasteiger partial charge in [0.2, 0.25) is 5.95 Å². The molecule has 1 saturated heterocycles. The van der Waals surface area contributed by atoms with Crippen LogP contribution in [-0.2, 0) is 11.3 Å². The van der Waals surface area contributed by atoms with E-state index in [4.69, 9.17) is 10.5 Å². The van der Waals surface area contributed by atoms with E-state index in [0.717, 1.165) is 9.13 Å². The number of anilines is 1. The molecule has 0 unspecified atom stereocenters. The maximum Gasteiger partial charge on any atom is 0.333 e. The molecule has 4 atom stereocenters. The third-order valence-corrected chi connectivity index (χ3v) is 3.91. The van der Waals surface area contributed by atoms with E-state index < -0.39 is 42.4 Å². The number of hydrogen-bond donors (Lipinski definition) is 5. The van der Waals surface area contributed by atoms with Crippen LogP contribution in [0.3, 0.4) is 0 Å². The SMILES string of the molecule is C=CCn1c(=O)n([C@H]2O[C@@H](CO)[C@H](O)[C@@H]2O)c2nc(N)[nH]c(=O)c21. The average Bonchev–Trinajstić information content (AvgIpc) is 2.96. The summed E-state index contributed by atoms with van der Waals surface area (Å²) < 4.78 is 7.40. The Morgan fingerprint density at radius 1 is 1.38 bits per heavy atom. The highest BCUT2D eigenvalue weighted by Gasteiger charge is 2.45. The Morgan fingerprint density at radius 2 is 2.08 bits per heavy atom. The molecule has 0 aliphatic carbocycles. The number of nitrogens with zero attached hydrogens (tertiary/aromatic N) is 3. The number of aromatic amines is 1. The summed E-state index contributed by atoms with van der Waals surface area (Å²) in [7, 11) is 0. The molecule has 11 heteroatoms. The van der Waals surface area contributed by atoms with Crippen LogP contribution in [0.15, 0.2) is 22.2 Å². The molecule has 0 radical (unpaired) electrons. The molecule has 3 heterocycles. The van der Waals surface area contributed by atoms with Crippen molar-refractivity contribution in [2.24, 2.45) is 0 Å². The van der Waals surface area contributed by atoms with Crippen LogP contribution in [0.4, 0.5) is 5.95 Å². The smallest absolute Gasteiger partial charge is 0.333 e. The first-order chi connectivity index (χ1) is 11.4. The first-order valence-electron chi connectivity index (χ1n) is 7.14. The fourth-order valence-electron chi connectivity index (χ4n) is 2.82. The summed E-state index contributed by atoms with van der Waals surface area (Å²) >= 11 is 0. The van der Waals surface area contributed by atoms with Crippen LogP contribution in [0.25, 0.3) is 11.2 Å². The first kappa shape index (κ1) is 16.4. The molecule has 2 aromatic rings. The van der Waals surface area contributed by atoms with E-state index in [-0.39, 0.29) is 23.7 Å². The lowest BCUT2D eigenvalue weighted by atomic mass is 10.1. The van der Waals surface area contributed by atoms with Gasteiger partial charge in [0.05, 0.1) is 6.61 Å². The fourth-order valence-corrected chi connectivity index (χ4v) is 2.82. The Labute approximate surface area is 134 Å². The van der Waals surface area contributed by atoms with Crippen molar-refractivity contribution in [2.75, 3.05) is 12.3 Å². The summed E-state index contributed by atoms with van der Waals surface area (Å²) in [6.45, 7) is 3.00. The molecular formula is C13H17N5O6. The van der Waals surface area contributed by atoms with Crippen LogP contribution in [-0.4, -0.2) is 59.3 Å². The molecule has 1 fully saturated rings. The summed E-state index contributed by atoms with van der Waals surface area (Å²) in [5, 5.41) is 29.2. The highest BCUT2D eigenvalue weighted by atomic mass is 16.6. The van der Waals surface area contributed by atoms with Crippen molar-refractivity contribution in [1.82, 2.24) is 19.1 Å². The van der Waals surface area contributed by atoms with E-state index in [0.29, 0.717) is 0 Å². The van der Waals surface area contributed by atoms with Crippen LogP contribution >= 0.6 is 0 Å². The molecule has 2 aromatic heterocycles. The number of rotatable bonds is 4. The maximum absolute atomic E-state index is 12.7. The van der Waals surface area contributed by atoms with Crippen molar-refractivity contribution in [3.8, 4) is 0 Å². The van der Waals surface area contributed by atoms with Gasteiger partial charge in [-0.2, -0.15) is 4.98 Å². The van der Waals surface area contributed by atoms with E-state index in [1.54, 1.807) is 0 Å². The topological polar surface area (TPSA) is 169 Å². The lowest BCUT2D eigenvalue weighted by Gasteiger charge is -2.15. The predicted molar refractivity (Wildman–Crippen MR) is 82.2 cm³/mol. The predicted octanol–water partition coefficient (Wildman–Crippen LogP) is -2.73. The Kier molecular flexibility index (Phi) is 4.01. The lowest BCUT2D eigenvalue weighted by molar-refractivity contribution is -0.0527. The molecule has 24 heavy (non-hydrogen) atoms. The summed E-state index contributed by atoms with van der Waals surface area (Å²) in [5.41, 5.74) is 4.05. The number of nitrogens with two attached hydrogens (primary N) is 1. The summed E-state index contributed by atoms with van der Waals surface area (Å²) in [4.78, 5) is 31.1. The van der Waals surface area contributed by atoms with E-state index in [1.165, 1.54) is 6.08 Å². The van der Waals surface area contributed by atoms with Crippen LogP contribution in [0.2, 0.25) is 0 Å². The number of nitrogen functional groups attached to an aromatic ring is 1. The van der Waals surface area contributed by atoms with Crippen molar-refractivity contribution >= 4 is 17.1 Å². The molecular weight excluding hydrogens is 322 g/mol. The third kappa shape index (κ3) is 2.26. The molecule has 130 valence electrons. The minimum Gasteiger partial charge on any atom is -0.394 e. The summed E-state index contributed by atoms with van der Waals surface area (Å²) in [5.74, 6) is -0.219. The number of aliphatic hydroxyl groups excluding tert-OH is 3. The molecule has 3 rings (SSSR count). The number of imidazole rings is 1. The van der Waals surface area contributed by atoms with Gasteiger partial charge >= 0.3 is 5.69 Å². The second-order valence-electron chi connectivity index (χ2n) is 5.40. The number of aromatic nitrogens is 4. The Hall–Kier alpha value is -2.47. The van der Waals surface area contributed by atoms with Crippen molar-refractivity contribution in [1.29, 1.82) is 0 Å². The van der Waals surface area contributed by atoms with Crippen LogP contribution in [0.5, 0.6) is 0 Å². The van der Waals surface area contributed by atoms with Crippen molar-refractivity contribution in [2.45, 2.75) is 31.1 Å². The molecule has 0 aromatic carbocycles. The van der Waals surface area contributed by atoms with Gasteiger partial charge in [-0.15, -0.1) is 6.58 Å². The molecule has 0 amide bonds. The second kappa shape index (κ2) is 5.87. The van der Waals surface area contributed by atoms with Gasteiger partial charge in [-0.25, -0.2) is 9.36 Å². The highest BCUT2D eigenvalue weighted by molar-refractivity contribution is 5.71. The Bertz CT molecular complexity index is 899. The van der Waals surface area contributed by atoms with Gasteiger partial charge in [-0.1, -0.05) is 6.08 Å². The standard InChI is InChI=1S/C13H17N5O6/c1-2-3-17-6-9(15-12(14)16-10(6)22)18(13(17)23)11-8(21)7(20)5(4-19)24-11/h2,5,7-8,11,19-21H,1,3-4H2,(H3,14,15,16,22)/t5-,7-,8-,11-/m0/s1. The van der Waals surface area contributed by atoms with Gasteiger partial charge in [0.25, 0.3) is 5.56 Å². The van der Waals surface area contributed by atoms with Gasteiger partial charge in [-0.3, -0.25) is 14.3 Å². The van der Waals surface area contributed by atoms with Crippen LogP contribution in [0.1, 0.15) is 6.23 Å². The minimum absolute atomic E-state index is 0.0197. The number of aliphatic hydroxyl groups is 3. The zero-order valence-electron chi connectivity index (χ0n) is 12.5. The van der Waals surface area contributed by atoms with Gasteiger partial charge < -0.3 is 25.8 Å². The normalized spacial score (nSPS) is 27.0. The number of ether oxygens (including phenoxy) is 1. The van der Waals surface area contributed by atoms with E-state index in [9.17, 15) is 24.9 Å². The van der Waals surface area contributed by atoms with Gasteiger partial charge in [0.1, 0.15) is 18.3 Å². The number of fused-ring (bicyclic) bond motifs is 1. The minimum atomic E-state index is -1.50. The monoisotopic (exact) mass is 339 g/mol. The van der Waals surface area contributed by atoms with Gasteiger partial charge in [0, 0.05) is 6.54 Å². The fraction of sp³-hybridized carbons (Fsp3) is 0.462.